The lowest BCUT2D eigenvalue weighted by Gasteiger charge is -2.05. The van der Waals surface area contributed by atoms with Gasteiger partial charge in [0.05, 0.1) is 0 Å². The van der Waals surface area contributed by atoms with E-state index in [1.165, 1.54) is 11.6 Å². The van der Waals surface area contributed by atoms with Gasteiger partial charge in [-0.25, -0.2) is 0 Å². The summed E-state index contributed by atoms with van der Waals surface area (Å²) in [4.78, 5) is 23.7. The van der Waals surface area contributed by atoms with E-state index in [4.69, 9.17) is 5.11 Å². The van der Waals surface area contributed by atoms with E-state index < -0.39 is 11.9 Å². The standard InChI is InChI=1S/C23H21N3O3/c1-2-5-16-8-10-19(11-9-16)25-23(29)17(13-24)12-18-14-26(15-22(27)28)21-7-4-3-6-20(18)21/h3-4,6-12,14H,2,5,15H2,1H3,(H,25,29)(H,27,28). The topological polar surface area (TPSA) is 95.1 Å². The van der Waals surface area contributed by atoms with E-state index in [2.05, 4.69) is 12.2 Å². The molecule has 6 heteroatoms. The molecule has 6 nitrogen and oxygen atoms in total. The van der Waals surface area contributed by atoms with E-state index in [0.717, 1.165) is 23.7 Å². The molecule has 0 bridgehead atoms. The van der Waals surface area contributed by atoms with Crippen LogP contribution in [0.4, 0.5) is 5.69 Å². The van der Waals surface area contributed by atoms with Crippen molar-refractivity contribution in [1.82, 2.24) is 4.57 Å². The molecule has 0 aliphatic heterocycles. The predicted molar refractivity (Wildman–Crippen MR) is 112 cm³/mol. The van der Waals surface area contributed by atoms with Gasteiger partial charge in [-0.3, -0.25) is 9.59 Å². The summed E-state index contributed by atoms with van der Waals surface area (Å²) in [7, 11) is 0. The van der Waals surface area contributed by atoms with Crippen molar-refractivity contribution in [3.63, 3.8) is 0 Å². The fraction of sp³-hybridized carbons (Fsp3) is 0.174. The molecule has 146 valence electrons. The quantitative estimate of drug-likeness (QED) is 0.469. The molecule has 0 saturated carbocycles. The number of nitriles is 1. The van der Waals surface area contributed by atoms with E-state index >= 15 is 0 Å². The van der Waals surface area contributed by atoms with E-state index in [1.807, 2.05) is 48.5 Å². The maximum absolute atomic E-state index is 12.6. The second-order valence-corrected chi connectivity index (χ2v) is 6.69. The average Bonchev–Trinajstić information content (AvgIpc) is 3.04. The first kappa shape index (κ1) is 19.9. The summed E-state index contributed by atoms with van der Waals surface area (Å²) in [5.74, 6) is -1.48. The second kappa shape index (κ2) is 8.89. The van der Waals surface area contributed by atoms with Crippen molar-refractivity contribution in [3.8, 4) is 6.07 Å². The van der Waals surface area contributed by atoms with Gasteiger partial charge in [0.25, 0.3) is 5.91 Å². The number of hydrogen-bond acceptors (Lipinski definition) is 3. The maximum Gasteiger partial charge on any atom is 0.323 e. The Kier molecular flexibility index (Phi) is 6.10. The first-order valence-electron chi connectivity index (χ1n) is 9.33. The summed E-state index contributed by atoms with van der Waals surface area (Å²) in [5.41, 5.74) is 3.09. The van der Waals surface area contributed by atoms with E-state index in [0.29, 0.717) is 11.3 Å². The minimum atomic E-state index is -0.967. The molecule has 0 spiro atoms. The highest BCUT2D eigenvalue weighted by Gasteiger charge is 2.13. The van der Waals surface area contributed by atoms with Crippen LogP contribution in [0.15, 0.2) is 60.3 Å². The van der Waals surface area contributed by atoms with Crippen LogP contribution in [0, 0.1) is 11.3 Å². The Hall–Kier alpha value is -3.85. The van der Waals surface area contributed by atoms with Crippen molar-refractivity contribution in [2.45, 2.75) is 26.3 Å². The highest BCUT2D eigenvalue weighted by molar-refractivity contribution is 6.10. The molecule has 0 unspecified atom stereocenters. The smallest absolute Gasteiger partial charge is 0.323 e. The van der Waals surface area contributed by atoms with Gasteiger partial charge in [0.1, 0.15) is 18.2 Å². The Morgan fingerprint density at radius 3 is 2.55 bits per heavy atom. The molecule has 1 heterocycles. The van der Waals surface area contributed by atoms with E-state index in [1.54, 1.807) is 16.8 Å². The van der Waals surface area contributed by atoms with Crippen LogP contribution >= 0.6 is 0 Å². The minimum Gasteiger partial charge on any atom is -0.480 e. The summed E-state index contributed by atoms with van der Waals surface area (Å²) < 4.78 is 1.59. The van der Waals surface area contributed by atoms with Crippen molar-refractivity contribution in [1.29, 1.82) is 5.26 Å². The number of aliphatic carboxylic acids is 1. The number of carbonyl (C=O) groups is 2. The lowest BCUT2D eigenvalue weighted by molar-refractivity contribution is -0.137. The predicted octanol–water partition coefficient (Wildman–Crippen LogP) is 4.22. The number of amides is 1. The highest BCUT2D eigenvalue weighted by atomic mass is 16.4. The molecule has 29 heavy (non-hydrogen) atoms. The number of benzene rings is 2. The fourth-order valence-electron chi connectivity index (χ4n) is 3.21. The molecule has 0 aliphatic carbocycles. The molecule has 1 aromatic heterocycles. The number of carbonyl (C=O) groups excluding carboxylic acids is 1. The number of carboxylic acid groups (broad SMARTS) is 1. The Morgan fingerprint density at radius 2 is 1.90 bits per heavy atom. The van der Waals surface area contributed by atoms with Crippen molar-refractivity contribution >= 4 is 34.5 Å². The van der Waals surface area contributed by atoms with E-state index in [9.17, 15) is 14.9 Å². The van der Waals surface area contributed by atoms with E-state index in [-0.39, 0.29) is 12.1 Å². The number of hydrogen-bond donors (Lipinski definition) is 2. The molecule has 0 fully saturated rings. The number of aromatic nitrogens is 1. The van der Waals surface area contributed by atoms with Crippen molar-refractivity contribution in [3.05, 3.63) is 71.4 Å². The molecule has 2 aromatic carbocycles. The van der Waals surface area contributed by atoms with Crippen LogP contribution in [-0.4, -0.2) is 21.6 Å². The number of fused-ring (bicyclic) bond motifs is 1. The fourth-order valence-corrected chi connectivity index (χ4v) is 3.21. The molecule has 0 atom stereocenters. The van der Waals surface area contributed by atoms with Gasteiger partial charge in [0.15, 0.2) is 0 Å². The summed E-state index contributed by atoms with van der Waals surface area (Å²) in [6, 6.07) is 16.8. The van der Waals surface area contributed by atoms with Gasteiger partial charge in [0, 0.05) is 28.4 Å². The number of anilines is 1. The Bertz CT molecular complexity index is 1120. The average molecular weight is 387 g/mol. The van der Waals surface area contributed by atoms with Gasteiger partial charge in [-0.15, -0.1) is 0 Å². The largest absolute Gasteiger partial charge is 0.480 e. The van der Waals surface area contributed by atoms with Crippen LogP contribution < -0.4 is 5.32 Å². The number of carboxylic acids is 1. The first-order valence-corrected chi connectivity index (χ1v) is 9.33. The summed E-state index contributed by atoms with van der Waals surface area (Å²) in [5, 5.41) is 22.1. The van der Waals surface area contributed by atoms with Gasteiger partial charge in [0.2, 0.25) is 0 Å². The third-order valence-corrected chi connectivity index (χ3v) is 4.54. The molecule has 0 aliphatic rings. The second-order valence-electron chi connectivity index (χ2n) is 6.69. The van der Waals surface area contributed by atoms with Gasteiger partial charge in [-0.05, 0) is 36.3 Å². The summed E-state index contributed by atoms with van der Waals surface area (Å²) in [6.07, 6.45) is 5.14. The van der Waals surface area contributed by atoms with Crippen LogP contribution in [0.3, 0.4) is 0 Å². The zero-order valence-corrected chi connectivity index (χ0v) is 16.1. The molecular weight excluding hydrogens is 366 g/mol. The van der Waals surface area contributed by atoms with Crippen molar-refractivity contribution in [2.75, 3.05) is 5.32 Å². The van der Waals surface area contributed by atoms with Crippen LogP contribution in [0.1, 0.15) is 24.5 Å². The van der Waals surface area contributed by atoms with Crippen molar-refractivity contribution < 1.29 is 14.7 Å². The summed E-state index contributed by atoms with van der Waals surface area (Å²) in [6.45, 7) is 1.90. The Labute approximate surface area is 168 Å². The lowest BCUT2D eigenvalue weighted by atomic mass is 10.1. The Morgan fingerprint density at radius 1 is 1.17 bits per heavy atom. The normalized spacial score (nSPS) is 11.2. The minimum absolute atomic E-state index is 0.0548. The molecular formula is C23H21N3O3. The number of aryl methyl sites for hydroxylation is 1. The van der Waals surface area contributed by atoms with Crippen LogP contribution in [0.5, 0.6) is 0 Å². The monoisotopic (exact) mass is 387 g/mol. The van der Waals surface area contributed by atoms with Gasteiger partial charge in [-0.1, -0.05) is 43.7 Å². The number of nitrogens with zero attached hydrogens (tertiary/aromatic N) is 2. The highest BCUT2D eigenvalue weighted by Crippen LogP contribution is 2.24. The summed E-state index contributed by atoms with van der Waals surface area (Å²) >= 11 is 0. The molecule has 0 radical (unpaired) electrons. The molecule has 3 aromatic rings. The number of nitrogens with one attached hydrogen (secondary N) is 1. The van der Waals surface area contributed by atoms with Gasteiger partial charge in [-0.2, -0.15) is 5.26 Å². The number of rotatable bonds is 7. The third-order valence-electron chi connectivity index (χ3n) is 4.54. The van der Waals surface area contributed by atoms with Gasteiger partial charge >= 0.3 is 5.97 Å². The molecule has 0 saturated heterocycles. The van der Waals surface area contributed by atoms with Crippen LogP contribution in [-0.2, 0) is 22.6 Å². The number of para-hydroxylation sites is 1. The van der Waals surface area contributed by atoms with Crippen molar-refractivity contribution in [2.24, 2.45) is 0 Å². The maximum atomic E-state index is 12.6. The Balaban J connectivity index is 1.88. The van der Waals surface area contributed by atoms with Crippen LogP contribution in [0.25, 0.3) is 17.0 Å². The lowest BCUT2D eigenvalue weighted by Crippen LogP contribution is -2.13. The molecule has 3 rings (SSSR count). The zero-order valence-electron chi connectivity index (χ0n) is 16.1. The van der Waals surface area contributed by atoms with Gasteiger partial charge < -0.3 is 15.0 Å². The van der Waals surface area contributed by atoms with Crippen LogP contribution in [0.2, 0.25) is 0 Å². The molecule has 1 amide bonds. The SMILES string of the molecule is CCCc1ccc(NC(=O)C(C#N)=Cc2cn(CC(=O)O)c3ccccc23)cc1. The molecule has 2 N–H and O–H groups in total. The zero-order chi connectivity index (χ0) is 20.8. The first-order chi connectivity index (χ1) is 14.0. The third kappa shape index (κ3) is 4.71.